The molecule has 0 aliphatic carbocycles. The molecular formula is C17H14N2O5S. The molecule has 0 aliphatic rings. The van der Waals surface area contributed by atoms with Crippen molar-refractivity contribution in [3.8, 4) is 0 Å². The third kappa shape index (κ3) is 3.69. The quantitative estimate of drug-likeness (QED) is 0.745. The molecule has 8 heteroatoms. The first kappa shape index (κ1) is 16.7. The molecule has 3 rings (SSSR count). The summed E-state index contributed by atoms with van der Waals surface area (Å²) >= 11 is 0. The molecule has 0 aliphatic heterocycles. The van der Waals surface area contributed by atoms with Gasteiger partial charge in [-0.05, 0) is 36.4 Å². The maximum atomic E-state index is 12.2. The fourth-order valence-corrected chi connectivity index (χ4v) is 3.24. The second-order valence-corrected chi connectivity index (χ2v) is 6.97. The Bertz CT molecular complexity index is 1020. The van der Waals surface area contributed by atoms with Gasteiger partial charge in [-0.15, -0.1) is 0 Å². The van der Waals surface area contributed by atoms with E-state index in [1.807, 2.05) is 22.9 Å². The van der Waals surface area contributed by atoms with Gasteiger partial charge in [-0.2, -0.15) is 0 Å². The molecule has 25 heavy (non-hydrogen) atoms. The standard InChI is InChI=1S/C17H14N2O5S/c1-11(20)19-25(22,23)14-8-6-13(7-9-14)18-17(21)16-10-12-4-2-3-5-15(12)24-16/h2-10H,1H3,(H,18,21)(H,19,20). The zero-order chi connectivity index (χ0) is 18.0. The van der Waals surface area contributed by atoms with Gasteiger partial charge in [0.25, 0.3) is 15.9 Å². The second kappa shape index (κ2) is 6.40. The fourth-order valence-electron chi connectivity index (χ4n) is 2.25. The van der Waals surface area contributed by atoms with Gasteiger partial charge in [-0.3, -0.25) is 9.59 Å². The van der Waals surface area contributed by atoms with Gasteiger partial charge in [-0.1, -0.05) is 18.2 Å². The van der Waals surface area contributed by atoms with Crippen LogP contribution in [0.25, 0.3) is 11.0 Å². The van der Waals surface area contributed by atoms with Crippen molar-refractivity contribution in [3.05, 3.63) is 60.4 Å². The predicted molar refractivity (Wildman–Crippen MR) is 91.6 cm³/mol. The molecule has 3 aromatic rings. The van der Waals surface area contributed by atoms with Crippen LogP contribution in [0, 0.1) is 0 Å². The van der Waals surface area contributed by atoms with Crippen LogP contribution >= 0.6 is 0 Å². The van der Waals surface area contributed by atoms with E-state index in [4.69, 9.17) is 4.42 Å². The van der Waals surface area contributed by atoms with Crippen LogP contribution in [0.4, 0.5) is 5.69 Å². The van der Waals surface area contributed by atoms with Crippen molar-refractivity contribution in [2.24, 2.45) is 0 Å². The topological polar surface area (TPSA) is 105 Å². The summed E-state index contributed by atoms with van der Waals surface area (Å²) in [6.45, 7) is 1.11. The van der Waals surface area contributed by atoms with Crippen LogP contribution in [0.2, 0.25) is 0 Å². The van der Waals surface area contributed by atoms with Crippen molar-refractivity contribution in [2.45, 2.75) is 11.8 Å². The van der Waals surface area contributed by atoms with Crippen molar-refractivity contribution in [1.82, 2.24) is 4.72 Å². The van der Waals surface area contributed by atoms with Gasteiger partial charge in [0.15, 0.2) is 5.76 Å². The number of amides is 2. The SMILES string of the molecule is CC(=O)NS(=O)(=O)c1ccc(NC(=O)c2cc3ccccc3o2)cc1. The molecule has 1 heterocycles. The van der Waals surface area contributed by atoms with E-state index < -0.39 is 21.8 Å². The van der Waals surface area contributed by atoms with Gasteiger partial charge in [0.1, 0.15) is 5.58 Å². The van der Waals surface area contributed by atoms with Crippen LogP contribution in [0.3, 0.4) is 0 Å². The zero-order valence-corrected chi connectivity index (χ0v) is 14.0. The third-order valence-electron chi connectivity index (χ3n) is 3.35. The van der Waals surface area contributed by atoms with Gasteiger partial charge in [-0.25, -0.2) is 13.1 Å². The van der Waals surface area contributed by atoms with Gasteiger partial charge in [0, 0.05) is 18.0 Å². The Morgan fingerprint density at radius 1 is 1.00 bits per heavy atom. The first-order valence-electron chi connectivity index (χ1n) is 7.28. The van der Waals surface area contributed by atoms with Gasteiger partial charge in [0.2, 0.25) is 5.91 Å². The van der Waals surface area contributed by atoms with E-state index in [0.29, 0.717) is 11.3 Å². The monoisotopic (exact) mass is 358 g/mol. The molecule has 0 unspecified atom stereocenters. The fraction of sp³-hybridized carbons (Fsp3) is 0.0588. The molecule has 2 N–H and O–H groups in total. The maximum Gasteiger partial charge on any atom is 0.291 e. The van der Waals surface area contributed by atoms with E-state index in [1.165, 1.54) is 24.3 Å². The van der Waals surface area contributed by atoms with Crippen LogP contribution in [0.1, 0.15) is 17.5 Å². The molecule has 0 bridgehead atoms. The number of hydrogen-bond acceptors (Lipinski definition) is 5. The number of para-hydroxylation sites is 1. The van der Waals surface area contributed by atoms with Crippen LogP contribution in [0.5, 0.6) is 0 Å². The highest BCUT2D eigenvalue weighted by atomic mass is 32.2. The van der Waals surface area contributed by atoms with E-state index >= 15 is 0 Å². The molecule has 0 fully saturated rings. The highest BCUT2D eigenvalue weighted by Crippen LogP contribution is 2.20. The largest absolute Gasteiger partial charge is 0.451 e. The van der Waals surface area contributed by atoms with E-state index in [1.54, 1.807) is 12.1 Å². The lowest BCUT2D eigenvalue weighted by Crippen LogP contribution is -2.28. The number of benzene rings is 2. The number of rotatable bonds is 4. The maximum absolute atomic E-state index is 12.2. The Kier molecular flexibility index (Phi) is 4.28. The summed E-state index contributed by atoms with van der Waals surface area (Å²) in [6.07, 6.45) is 0. The molecule has 2 amide bonds. The van der Waals surface area contributed by atoms with Crippen LogP contribution in [-0.4, -0.2) is 20.2 Å². The summed E-state index contributed by atoms with van der Waals surface area (Å²) in [7, 11) is -3.91. The van der Waals surface area contributed by atoms with Crippen molar-refractivity contribution >= 4 is 38.5 Å². The van der Waals surface area contributed by atoms with Crippen molar-refractivity contribution in [2.75, 3.05) is 5.32 Å². The first-order valence-corrected chi connectivity index (χ1v) is 8.77. The van der Waals surface area contributed by atoms with Gasteiger partial charge in [0.05, 0.1) is 4.90 Å². The lowest BCUT2D eigenvalue weighted by atomic mass is 10.2. The minimum atomic E-state index is -3.91. The molecule has 0 saturated carbocycles. The second-order valence-electron chi connectivity index (χ2n) is 5.29. The normalized spacial score (nSPS) is 11.2. The van der Waals surface area contributed by atoms with Crippen LogP contribution < -0.4 is 10.0 Å². The third-order valence-corrected chi connectivity index (χ3v) is 4.80. The summed E-state index contributed by atoms with van der Waals surface area (Å²) in [5, 5.41) is 3.43. The Balaban J connectivity index is 1.77. The average molecular weight is 358 g/mol. The predicted octanol–water partition coefficient (Wildman–Crippen LogP) is 2.51. The van der Waals surface area contributed by atoms with E-state index in [9.17, 15) is 18.0 Å². The lowest BCUT2D eigenvalue weighted by Gasteiger charge is -2.06. The Labute approximate surface area is 143 Å². The molecule has 0 radical (unpaired) electrons. The minimum absolute atomic E-state index is 0.0792. The number of carbonyl (C=O) groups excluding carboxylic acids is 2. The van der Waals surface area contributed by atoms with Gasteiger partial charge < -0.3 is 9.73 Å². The molecule has 128 valence electrons. The van der Waals surface area contributed by atoms with Gasteiger partial charge >= 0.3 is 0 Å². The number of fused-ring (bicyclic) bond motifs is 1. The van der Waals surface area contributed by atoms with Crippen LogP contribution in [0.15, 0.2) is 63.9 Å². The highest BCUT2D eigenvalue weighted by molar-refractivity contribution is 7.90. The number of nitrogens with one attached hydrogen (secondary N) is 2. The summed E-state index contributed by atoms with van der Waals surface area (Å²) < 4.78 is 31.1. The average Bonchev–Trinajstić information content (AvgIpc) is 2.98. The molecule has 2 aromatic carbocycles. The molecule has 0 spiro atoms. The summed E-state index contributed by atoms with van der Waals surface area (Å²) in [5.41, 5.74) is 0.997. The minimum Gasteiger partial charge on any atom is -0.451 e. The number of furan rings is 1. The Morgan fingerprint density at radius 2 is 1.68 bits per heavy atom. The van der Waals surface area contributed by atoms with Crippen molar-refractivity contribution in [1.29, 1.82) is 0 Å². The zero-order valence-electron chi connectivity index (χ0n) is 13.1. The molecule has 0 atom stereocenters. The van der Waals surface area contributed by atoms with E-state index in [-0.39, 0.29) is 10.7 Å². The van der Waals surface area contributed by atoms with Crippen LogP contribution in [-0.2, 0) is 14.8 Å². The highest BCUT2D eigenvalue weighted by Gasteiger charge is 2.16. The Morgan fingerprint density at radius 3 is 2.32 bits per heavy atom. The summed E-state index contributed by atoms with van der Waals surface area (Å²) in [6, 6.07) is 14.3. The molecular weight excluding hydrogens is 344 g/mol. The molecule has 7 nitrogen and oxygen atoms in total. The first-order chi connectivity index (χ1) is 11.8. The van der Waals surface area contributed by atoms with Crippen molar-refractivity contribution in [3.63, 3.8) is 0 Å². The Hall–Kier alpha value is -3.13. The smallest absolute Gasteiger partial charge is 0.291 e. The molecule has 1 aromatic heterocycles. The summed E-state index contributed by atoms with van der Waals surface area (Å²) in [5.74, 6) is -0.980. The van der Waals surface area contributed by atoms with E-state index in [2.05, 4.69) is 5.32 Å². The number of carbonyl (C=O) groups is 2. The molecule has 0 saturated heterocycles. The lowest BCUT2D eigenvalue weighted by molar-refractivity contribution is -0.117. The summed E-state index contributed by atoms with van der Waals surface area (Å²) in [4.78, 5) is 23.1. The number of sulfonamides is 1. The number of hydrogen-bond donors (Lipinski definition) is 2. The van der Waals surface area contributed by atoms with E-state index in [0.717, 1.165) is 12.3 Å². The van der Waals surface area contributed by atoms with Crippen molar-refractivity contribution < 1.29 is 22.4 Å². The number of anilines is 1.